The molecule has 10 heteroatoms. The van der Waals surface area contributed by atoms with E-state index in [0.717, 1.165) is 42.0 Å². The first-order valence-corrected chi connectivity index (χ1v) is 16.6. The summed E-state index contributed by atoms with van der Waals surface area (Å²) in [6.45, 7) is 1.60. The first kappa shape index (κ1) is 31.9. The van der Waals surface area contributed by atoms with E-state index in [9.17, 15) is 18.0 Å². The van der Waals surface area contributed by atoms with E-state index in [2.05, 4.69) is 5.32 Å². The van der Waals surface area contributed by atoms with Gasteiger partial charge in [0, 0.05) is 12.6 Å². The molecule has 42 heavy (non-hydrogen) atoms. The molecular formula is C32H37Cl2N3O4S. The zero-order valence-corrected chi connectivity index (χ0v) is 26.0. The van der Waals surface area contributed by atoms with E-state index in [0.29, 0.717) is 12.8 Å². The standard InChI is InChI=1S/C32H37Cl2N3O4S/c1-2-30(32(39)35-25-14-8-4-9-15-25)36(21-20-24-12-6-3-7-13-24)31(38)23-37(26-18-19-28(33)29(34)22-26)42(40,41)27-16-10-5-11-17-27/h3,5-7,10-13,16-19,22,25,30H,2,4,8-9,14-15,20-21,23H2,1H3,(H,35,39)/t30-/m1/s1. The molecule has 7 nitrogen and oxygen atoms in total. The second-order valence-corrected chi connectivity index (χ2v) is 13.2. The molecule has 1 fully saturated rings. The van der Waals surface area contributed by atoms with Gasteiger partial charge in [0.25, 0.3) is 10.0 Å². The highest BCUT2D eigenvalue weighted by Gasteiger charge is 2.34. The lowest BCUT2D eigenvalue weighted by Crippen LogP contribution is -2.54. The number of benzene rings is 3. The summed E-state index contributed by atoms with van der Waals surface area (Å²) in [5.74, 6) is -0.694. The van der Waals surface area contributed by atoms with Gasteiger partial charge in [-0.1, -0.05) is 97.9 Å². The van der Waals surface area contributed by atoms with Crippen molar-refractivity contribution in [2.75, 3.05) is 17.4 Å². The first-order chi connectivity index (χ1) is 20.2. The van der Waals surface area contributed by atoms with Crippen LogP contribution in [-0.4, -0.2) is 50.3 Å². The summed E-state index contributed by atoms with van der Waals surface area (Å²) in [5.41, 5.74) is 1.21. The number of carbonyl (C=O) groups excluding carboxylic acids is 2. The molecule has 0 heterocycles. The summed E-state index contributed by atoms with van der Waals surface area (Å²) < 4.78 is 28.8. The molecule has 0 bridgehead atoms. The Morgan fingerprint density at radius 2 is 1.55 bits per heavy atom. The van der Waals surface area contributed by atoms with Crippen molar-refractivity contribution in [2.24, 2.45) is 0 Å². The summed E-state index contributed by atoms with van der Waals surface area (Å²) in [4.78, 5) is 29.3. The third-order valence-electron chi connectivity index (χ3n) is 7.62. The lowest BCUT2D eigenvalue weighted by atomic mass is 9.95. The third kappa shape index (κ3) is 8.06. The van der Waals surface area contributed by atoms with E-state index < -0.39 is 28.5 Å². The highest BCUT2D eigenvalue weighted by atomic mass is 35.5. The molecule has 1 N–H and O–H groups in total. The SMILES string of the molecule is CC[C@H](C(=O)NC1CCCCC1)N(CCc1ccccc1)C(=O)CN(c1ccc(Cl)c(Cl)c1)S(=O)(=O)c1ccccc1. The topological polar surface area (TPSA) is 86.8 Å². The van der Waals surface area contributed by atoms with E-state index >= 15 is 0 Å². The zero-order chi connectivity index (χ0) is 30.1. The lowest BCUT2D eigenvalue weighted by molar-refractivity contribution is -0.140. The molecule has 2 amide bonds. The average Bonchev–Trinajstić information content (AvgIpc) is 3.00. The Morgan fingerprint density at radius 1 is 0.905 bits per heavy atom. The number of rotatable bonds is 12. The molecule has 1 saturated carbocycles. The number of carbonyl (C=O) groups is 2. The van der Waals surface area contributed by atoms with Crippen molar-refractivity contribution < 1.29 is 18.0 Å². The summed E-state index contributed by atoms with van der Waals surface area (Å²) >= 11 is 12.4. The highest BCUT2D eigenvalue weighted by Crippen LogP contribution is 2.31. The molecule has 3 aromatic rings. The van der Waals surface area contributed by atoms with Crippen LogP contribution in [0.1, 0.15) is 51.0 Å². The van der Waals surface area contributed by atoms with E-state index in [1.165, 1.54) is 35.2 Å². The summed E-state index contributed by atoms with van der Waals surface area (Å²) in [6, 6.07) is 21.4. The number of hydrogen-bond donors (Lipinski definition) is 1. The molecule has 0 unspecified atom stereocenters. The fraction of sp³-hybridized carbons (Fsp3) is 0.375. The van der Waals surface area contributed by atoms with Gasteiger partial charge in [0.05, 0.1) is 20.6 Å². The van der Waals surface area contributed by atoms with E-state index in [1.54, 1.807) is 18.2 Å². The first-order valence-electron chi connectivity index (χ1n) is 14.4. The van der Waals surface area contributed by atoms with Gasteiger partial charge in [0.15, 0.2) is 0 Å². The van der Waals surface area contributed by atoms with E-state index in [1.807, 2.05) is 37.3 Å². The molecule has 0 aliphatic heterocycles. The number of hydrogen-bond acceptors (Lipinski definition) is 4. The molecule has 1 atom stereocenters. The van der Waals surface area contributed by atoms with Crippen LogP contribution in [0.3, 0.4) is 0 Å². The van der Waals surface area contributed by atoms with Crippen LogP contribution in [0, 0.1) is 0 Å². The predicted octanol–water partition coefficient (Wildman–Crippen LogP) is 6.49. The fourth-order valence-corrected chi connectivity index (χ4v) is 7.05. The van der Waals surface area contributed by atoms with Gasteiger partial charge in [-0.3, -0.25) is 13.9 Å². The maximum absolute atomic E-state index is 14.2. The Hall–Kier alpha value is -3.07. The van der Waals surface area contributed by atoms with Crippen molar-refractivity contribution in [1.82, 2.24) is 10.2 Å². The molecule has 0 saturated heterocycles. The van der Waals surface area contributed by atoms with Crippen molar-refractivity contribution in [3.63, 3.8) is 0 Å². The van der Waals surface area contributed by atoms with Gasteiger partial charge < -0.3 is 10.2 Å². The van der Waals surface area contributed by atoms with Crippen LogP contribution in [0.2, 0.25) is 10.0 Å². The fourth-order valence-electron chi connectivity index (χ4n) is 5.33. The van der Waals surface area contributed by atoms with Crippen molar-refractivity contribution in [3.8, 4) is 0 Å². The number of nitrogens with zero attached hydrogens (tertiary/aromatic N) is 2. The van der Waals surface area contributed by atoms with Gasteiger partial charge in [0.2, 0.25) is 11.8 Å². The number of anilines is 1. The van der Waals surface area contributed by atoms with Crippen LogP contribution < -0.4 is 9.62 Å². The quantitative estimate of drug-likeness (QED) is 0.248. The molecule has 224 valence electrons. The maximum atomic E-state index is 14.2. The van der Waals surface area contributed by atoms with Crippen molar-refractivity contribution in [3.05, 3.63) is 94.5 Å². The third-order valence-corrected chi connectivity index (χ3v) is 10.2. The lowest BCUT2D eigenvalue weighted by Gasteiger charge is -2.34. The Morgan fingerprint density at radius 3 is 2.17 bits per heavy atom. The van der Waals surface area contributed by atoms with Crippen molar-refractivity contribution in [1.29, 1.82) is 0 Å². The smallest absolute Gasteiger partial charge is 0.264 e. The Labute approximate surface area is 258 Å². The second-order valence-electron chi connectivity index (χ2n) is 10.5. The average molecular weight is 631 g/mol. The minimum Gasteiger partial charge on any atom is -0.352 e. The normalized spacial score (nSPS) is 14.6. The summed E-state index contributed by atoms with van der Waals surface area (Å²) in [7, 11) is -4.17. The number of halogens is 2. The van der Waals surface area contributed by atoms with Gasteiger partial charge in [-0.15, -0.1) is 0 Å². The van der Waals surface area contributed by atoms with Crippen LogP contribution in [-0.2, 0) is 26.0 Å². The maximum Gasteiger partial charge on any atom is 0.264 e. The summed E-state index contributed by atoms with van der Waals surface area (Å²) in [5, 5.41) is 3.59. The molecule has 0 radical (unpaired) electrons. The van der Waals surface area contributed by atoms with Gasteiger partial charge in [-0.05, 0) is 61.6 Å². The second kappa shape index (κ2) is 14.9. The molecule has 3 aromatic carbocycles. The van der Waals surface area contributed by atoms with Crippen LogP contribution in [0.4, 0.5) is 5.69 Å². The number of amides is 2. The van der Waals surface area contributed by atoms with Crippen molar-refractivity contribution >= 4 is 50.7 Å². The van der Waals surface area contributed by atoms with Crippen molar-refractivity contribution in [2.45, 2.75) is 68.8 Å². The van der Waals surface area contributed by atoms with Crippen LogP contribution in [0.25, 0.3) is 0 Å². The molecule has 4 rings (SSSR count). The Bertz CT molecular complexity index is 1450. The molecular weight excluding hydrogens is 593 g/mol. The molecule has 1 aliphatic carbocycles. The number of sulfonamides is 1. The zero-order valence-electron chi connectivity index (χ0n) is 23.7. The van der Waals surface area contributed by atoms with Gasteiger partial charge >= 0.3 is 0 Å². The van der Waals surface area contributed by atoms with Crippen LogP contribution in [0.15, 0.2) is 83.8 Å². The van der Waals surface area contributed by atoms with E-state index in [4.69, 9.17) is 23.2 Å². The Kier molecular flexibility index (Phi) is 11.3. The van der Waals surface area contributed by atoms with E-state index in [-0.39, 0.29) is 39.1 Å². The van der Waals surface area contributed by atoms with Crippen LogP contribution >= 0.6 is 23.2 Å². The van der Waals surface area contributed by atoms with Gasteiger partial charge in [-0.2, -0.15) is 0 Å². The van der Waals surface area contributed by atoms with Gasteiger partial charge in [0.1, 0.15) is 12.6 Å². The minimum atomic E-state index is -4.17. The Balaban J connectivity index is 1.67. The molecule has 0 spiro atoms. The minimum absolute atomic E-state index is 0.0294. The predicted molar refractivity (Wildman–Crippen MR) is 168 cm³/mol. The molecule has 1 aliphatic rings. The summed E-state index contributed by atoms with van der Waals surface area (Å²) in [6.07, 6.45) is 6.02. The van der Waals surface area contributed by atoms with Gasteiger partial charge in [-0.25, -0.2) is 8.42 Å². The number of nitrogens with one attached hydrogen (secondary N) is 1. The molecule has 0 aromatic heterocycles. The van der Waals surface area contributed by atoms with Crippen LogP contribution in [0.5, 0.6) is 0 Å². The monoisotopic (exact) mass is 629 g/mol. The highest BCUT2D eigenvalue weighted by molar-refractivity contribution is 7.92. The largest absolute Gasteiger partial charge is 0.352 e.